The molecular formula is C17H16N4O2. The molecule has 0 radical (unpaired) electrons. The van der Waals surface area contributed by atoms with E-state index in [1.807, 2.05) is 36.4 Å². The largest absolute Gasteiger partial charge is 0.497 e. The smallest absolute Gasteiger partial charge is 0.251 e. The molecule has 3 aromatic rings. The molecule has 0 saturated carbocycles. The van der Waals surface area contributed by atoms with Gasteiger partial charge in [0.05, 0.1) is 12.8 Å². The summed E-state index contributed by atoms with van der Waals surface area (Å²) in [4.78, 5) is 16.1. The van der Waals surface area contributed by atoms with E-state index in [-0.39, 0.29) is 5.91 Å². The predicted molar refractivity (Wildman–Crippen MR) is 85.5 cm³/mol. The molecule has 0 spiro atoms. The Labute approximate surface area is 133 Å². The molecule has 3 rings (SSSR count). The molecule has 0 saturated heterocycles. The highest BCUT2D eigenvalue weighted by Gasteiger charge is 2.06. The Kier molecular flexibility index (Phi) is 4.33. The molecule has 6 nitrogen and oxygen atoms in total. The number of hydrogen-bond acceptors (Lipinski definition) is 4. The predicted octanol–water partition coefficient (Wildman–Crippen LogP) is 2.21. The third-order valence-electron chi connectivity index (χ3n) is 3.40. The SMILES string of the molecule is COc1cccc(CNC(=O)c2ccc(-n3cncn3)cc2)c1. The molecule has 23 heavy (non-hydrogen) atoms. The summed E-state index contributed by atoms with van der Waals surface area (Å²) in [5.74, 6) is 0.645. The number of rotatable bonds is 5. The van der Waals surface area contributed by atoms with Crippen molar-refractivity contribution in [3.05, 3.63) is 72.3 Å². The first-order chi connectivity index (χ1) is 11.3. The van der Waals surface area contributed by atoms with Gasteiger partial charge in [-0.3, -0.25) is 4.79 Å². The van der Waals surface area contributed by atoms with Gasteiger partial charge in [-0.25, -0.2) is 9.67 Å². The number of ether oxygens (including phenoxy) is 1. The van der Waals surface area contributed by atoms with E-state index in [4.69, 9.17) is 4.74 Å². The minimum Gasteiger partial charge on any atom is -0.497 e. The third-order valence-corrected chi connectivity index (χ3v) is 3.40. The van der Waals surface area contributed by atoms with Gasteiger partial charge in [0.1, 0.15) is 18.4 Å². The molecule has 0 fully saturated rings. The summed E-state index contributed by atoms with van der Waals surface area (Å²) in [6.45, 7) is 0.445. The van der Waals surface area contributed by atoms with Gasteiger partial charge in [-0.05, 0) is 42.0 Å². The Morgan fingerprint density at radius 1 is 1.22 bits per heavy atom. The van der Waals surface area contributed by atoms with E-state index < -0.39 is 0 Å². The quantitative estimate of drug-likeness (QED) is 0.784. The molecule has 0 atom stereocenters. The molecule has 0 aliphatic carbocycles. The van der Waals surface area contributed by atoms with Crippen LogP contribution in [-0.2, 0) is 6.54 Å². The fourth-order valence-corrected chi connectivity index (χ4v) is 2.17. The Bertz CT molecular complexity index is 783. The molecule has 1 aromatic heterocycles. The third kappa shape index (κ3) is 3.55. The van der Waals surface area contributed by atoms with E-state index in [1.165, 1.54) is 6.33 Å². The second kappa shape index (κ2) is 6.74. The Morgan fingerprint density at radius 3 is 2.74 bits per heavy atom. The normalized spacial score (nSPS) is 10.3. The number of nitrogens with zero attached hydrogens (tertiary/aromatic N) is 3. The van der Waals surface area contributed by atoms with E-state index in [2.05, 4.69) is 15.4 Å². The summed E-state index contributed by atoms with van der Waals surface area (Å²) >= 11 is 0. The van der Waals surface area contributed by atoms with Gasteiger partial charge in [-0.1, -0.05) is 12.1 Å². The maximum absolute atomic E-state index is 12.2. The van der Waals surface area contributed by atoms with E-state index in [0.29, 0.717) is 12.1 Å². The van der Waals surface area contributed by atoms with Crippen molar-refractivity contribution in [2.45, 2.75) is 6.54 Å². The summed E-state index contributed by atoms with van der Waals surface area (Å²) in [5, 5.41) is 6.94. The van der Waals surface area contributed by atoms with Crippen molar-refractivity contribution in [2.75, 3.05) is 7.11 Å². The van der Waals surface area contributed by atoms with Crippen molar-refractivity contribution >= 4 is 5.91 Å². The second-order valence-corrected chi connectivity index (χ2v) is 4.92. The standard InChI is InChI=1S/C17H16N4O2/c1-23-16-4-2-3-13(9-16)10-19-17(22)14-5-7-15(8-6-14)21-12-18-11-20-21/h2-9,11-12H,10H2,1H3,(H,19,22). The maximum atomic E-state index is 12.2. The molecule has 0 aliphatic heterocycles. The van der Waals surface area contributed by atoms with Crippen LogP contribution in [0.1, 0.15) is 15.9 Å². The number of benzene rings is 2. The van der Waals surface area contributed by atoms with Crippen LogP contribution in [0.2, 0.25) is 0 Å². The van der Waals surface area contributed by atoms with Crippen LogP contribution in [0.25, 0.3) is 5.69 Å². The number of methoxy groups -OCH3 is 1. The highest BCUT2D eigenvalue weighted by molar-refractivity contribution is 5.94. The molecule has 1 heterocycles. The fraction of sp³-hybridized carbons (Fsp3) is 0.118. The van der Waals surface area contributed by atoms with Gasteiger partial charge in [0.15, 0.2) is 0 Å². The topological polar surface area (TPSA) is 69.0 Å². The summed E-state index contributed by atoms with van der Waals surface area (Å²) in [6, 6.07) is 14.8. The number of carbonyl (C=O) groups excluding carboxylic acids is 1. The van der Waals surface area contributed by atoms with Crippen LogP contribution in [0.4, 0.5) is 0 Å². The zero-order chi connectivity index (χ0) is 16.1. The minimum absolute atomic E-state index is 0.127. The summed E-state index contributed by atoms with van der Waals surface area (Å²) in [6.07, 6.45) is 3.08. The van der Waals surface area contributed by atoms with Gasteiger partial charge in [-0.15, -0.1) is 0 Å². The van der Waals surface area contributed by atoms with Crippen LogP contribution in [-0.4, -0.2) is 27.8 Å². The average Bonchev–Trinajstić information content (AvgIpc) is 3.14. The van der Waals surface area contributed by atoms with E-state index in [1.54, 1.807) is 30.3 Å². The molecule has 1 N–H and O–H groups in total. The lowest BCUT2D eigenvalue weighted by molar-refractivity contribution is 0.0951. The van der Waals surface area contributed by atoms with Crippen LogP contribution >= 0.6 is 0 Å². The Hall–Kier alpha value is -3.15. The fourth-order valence-electron chi connectivity index (χ4n) is 2.17. The van der Waals surface area contributed by atoms with E-state index >= 15 is 0 Å². The number of nitrogens with one attached hydrogen (secondary N) is 1. The van der Waals surface area contributed by atoms with Crippen molar-refractivity contribution in [3.8, 4) is 11.4 Å². The first-order valence-corrected chi connectivity index (χ1v) is 7.12. The number of hydrogen-bond donors (Lipinski definition) is 1. The second-order valence-electron chi connectivity index (χ2n) is 4.92. The monoisotopic (exact) mass is 308 g/mol. The van der Waals surface area contributed by atoms with Crippen LogP contribution in [0, 0.1) is 0 Å². The van der Waals surface area contributed by atoms with Crippen LogP contribution in [0.5, 0.6) is 5.75 Å². The first kappa shape index (κ1) is 14.8. The number of aromatic nitrogens is 3. The molecule has 6 heteroatoms. The van der Waals surface area contributed by atoms with Crippen molar-refractivity contribution in [3.63, 3.8) is 0 Å². The lowest BCUT2D eigenvalue weighted by Gasteiger charge is -2.07. The lowest BCUT2D eigenvalue weighted by atomic mass is 10.1. The molecule has 0 unspecified atom stereocenters. The number of amides is 1. The zero-order valence-electron chi connectivity index (χ0n) is 12.6. The Balaban J connectivity index is 1.64. The van der Waals surface area contributed by atoms with Gasteiger partial charge in [0.2, 0.25) is 0 Å². The van der Waals surface area contributed by atoms with Gasteiger partial charge < -0.3 is 10.1 Å². The van der Waals surface area contributed by atoms with Crippen LogP contribution < -0.4 is 10.1 Å². The molecule has 0 aliphatic rings. The van der Waals surface area contributed by atoms with Crippen LogP contribution in [0.15, 0.2) is 61.2 Å². The molecule has 116 valence electrons. The van der Waals surface area contributed by atoms with E-state index in [0.717, 1.165) is 17.0 Å². The highest BCUT2D eigenvalue weighted by atomic mass is 16.5. The van der Waals surface area contributed by atoms with Crippen molar-refractivity contribution < 1.29 is 9.53 Å². The summed E-state index contributed by atoms with van der Waals surface area (Å²) in [7, 11) is 1.62. The first-order valence-electron chi connectivity index (χ1n) is 7.12. The molecule has 0 bridgehead atoms. The van der Waals surface area contributed by atoms with Crippen molar-refractivity contribution in [1.29, 1.82) is 0 Å². The average molecular weight is 308 g/mol. The highest BCUT2D eigenvalue weighted by Crippen LogP contribution is 2.13. The van der Waals surface area contributed by atoms with Crippen LogP contribution in [0.3, 0.4) is 0 Å². The van der Waals surface area contributed by atoms with Gasteiger partial charge in [-0.2, -0.15) is 5.10 Å². The van der Waals surface area contributed by atoms with Gasteiger partial charge >= 0.3 is 0 Å². The van der Waals surface area contributed by atoms with E-state index in [9.17, 15) is 4.79 Å². The lowest BCUT2D eigenvalue weighted by Crippen LogP contribution is -2.22. The molecule has 2 aromatic carbocycles. The summed E-state index contributed by atoms with van der Waals surface area (Å²) in [5.41, 5.74) is 2.43. The molecular weight excluding hydrogens is 292 g/mol. The maximum Gasteiger partial charge on any atom is 0.251 e. The van der Waals surface area contributed by atoms with Crippen molar-refractivity contribution in [1.82, 2.24) is 20.1 Å². The minimum atomic E-state index is -0.127. The number of carbonyl (C=O) groups is 1. The van der Waals surface area contributed by atoms with Gasteiger partial charge in [0, 0.05) is 12.1 Å². The zero-order valence-corrected chi connectivity index (χ0v) is 12.6. The summed E-state index contributed by atoms with van der Waals surface area (Å²) < 4.78 is 6.81. The molecule has 1 amide bonds. The van der Waals surface area contributed by atoms with Crippen molar-refractivity contribution in [2.24, 2.45) is 0 Å². The Morgan fingerprint density at radius 2 is 2.04 bits per heavy atom. The van der Waals surface area contributed by atoms with Gasteiger partial charge in [0.25, 0.3) is 5.91 Å².